The minimum Gasteiger partial charge on any atom is -0.399 e. The van der Waals surface area contributed by atoms with E-state index in [9.17, 15) is 9.59 Å². The van der Waals surface area contributed by atoms with Gasteiger partial charge in [-0.1, -0.05) is 11.6 Å². The molecule has 0 bridgehead atoms. The Balaban J connectivity index is 0.000000438. The molecule has 0 amide bonds. The predicted molar refractivity (Wildman–Crippen MR) is 113 cm³/mol. The third-order valence-electron chi connectivity index (χ3n) is 3.76. The zero-order valence-electron chi connectivity index (χ0n) is 17.0. The first-order valence-electron chi connectivity index (χ1n) is 8.42. The highest BCUT2D eigenvalue weighted by Crippen LogP contribution is 2.20. The van der Waals surface area contributed by atoms with Crippen molar-refractivity contribution in [1.29, 1.82) is 5.26 Å². The fourth-order valence-corrected chi connectivity index (χ4v) is 3.35. The molecule has 5 heteroatoms. The number of ketones is 2. The summed E-state index contributed by atoms with van der Waals surface area (Å²) in [5.41, 5.74) is 11.7. The lowest BCUT2D eigenvalue weighted by molar-refractivity contribution is 0.100. The second-order valence-electron chi connectivity index (χ2n) is 6.28. The lowest BCUT2D eigenvalue weighted by Crippen LogP contribution is -2.01. The zero-order valence-corrected chi connectivity index (χ0v) is 17.8. The molecule has 2 aromatic rings. The van der Waals surface area contributed by atoms with Gasteiger partial charge in [0.2, 0.25) is 0 Å². The van der Waals surface area contributed by atoms with Crippen LogP contribution in [0, 0.1) is 39.0 Å². The van der Waals surface area contributed by atoms with Gasteiger partial charge in [0.05, 0.1) is 6.07 Å². The van der Waals surface area contributed by atoms with Crippen molar-refractivity contribution in [1.82, 2.24) is 0 Å². The zero-order chi connectivity index (χ0) is 21.3. The molecular weight excluding hydrogens is 360 g/mol. The Morgan fingerprint density at radius 1 is 0.852 bits per heavy atom. The van der Waals surface area contributed by atoms with Gasteiger partial charge in [0.1, 0.15) is 0 Å². The van der Waals surface area contributed by atoms with Gasteiger partial charge in [0.25, 0.3) is 0 Å². The summed E-state index contributed by atoms with van der Waals surface area (Å²) in [6.07, 6.45) is 0. The summed E-state index contributed by atoms with van der Waals surface area (Å²) >= 11 is 5.82. The molecule has 0 heterocycles. The van der Waals surface area contributed by atoms with Crippen molar-refractivity contribution in [2.45, 2.75) is 48.5 Å². The second kappa shape index (κ2) is 11.2. The van der Waals surface area contributed by atoms with E-state index in [-0.39, 0.29) is 11.6 Å². The molecule has 0 saturated heterocycles. The molecule has 2 N–H and O–H groups in total. The van der Waals surface area contributed by atoms with E-state index in [1.807, 2.05) is 52.0 Å². The van der Waals surface area contributed by atoms with Crippen molar-refractivity contribution >= 4 is 28.9 Å². The Bertz CT molecular complexity index is 767. The number of nitrogens with zero attached hydrogens (tertiary/aromatic N) is 1. The Morgan fingerprint density at radius 2 is 1.11 bits per heavy atom. The highest BCUT2D eigenvalue weighted by Gasteiger charge is 2.08. The summed E-state index contributed by atoms with van der Waals surface area (Å²) in [5.74, 6) is 0.201. The molecule has 0 aliphatic carbocycles. The van der Waals surface area contributed by atoms with E-state index in [1.165, 1.54) is 6.92 Å². The largest absolute Gasteiger partial charge is 0.399 e. The number of nitrogen functional groups attached to an aromatic ring is 1. The number of Topliss-reactive ketones (excluding diaryl/α,β-unsaturated/α-hetero) is 2. The average Bonchev–Trinajstić information content (AvgIpc) is 2.45. The van der Waals surface area contributed by atoms with Gasteiger partial charge in [0, 0.05) is 28.8 Å². The van der Waals surface area contributed by atoms with Crippen LogP contribution in [-0.2, 0) is 0 Å². The van der Waals surface area contributed by atoms with Gasteiger partial charge in [-0.25, -0.2) is 0 Å². The molecule has 0 atom stereocenters. The molecule has 4 nitrogen and oxygen atoms in total. The van der Waals surface area contributed by atoms with E-state index in [2.05, 4.69) is 0 Å². The van der Waals surface area contributed by atoms with Crippen LogP contribution in [0.15, 0.2) is 24.3 Å². The van der Waals surface area contributed by atoms with Crippen molar-refractivity contribution in [2.75, 3.05) is 5.73 Å². The van der Waals surface area contributed by atoms with Gasteiger partial charge < -0.3 is 5.73 Å². The molecule has 2 aromatic carbocycles. The monoisotopic (exact) mass is 386 g/mol. The van der Waals surface area contributed by atoms with Crippen LogP contribution in [0.3, 0.4) is 0 Å². The van der Waals surface area contributed by atoms with Crippen LogP contribution >= 0.6 is 11.6 Å². The first-order valence-corrected chi connectivity index (χ1v) is 8.80. The van der Waals surface area contributed by atoms with Crippen molar-refractivity contribution in [3.05, 3.63) is 62.7 Å². The van der Waals surface area contributed by atoms with E-state index in [1.54, 1.807) is 19.9 Å². The summed E-state index contributed by atoms with van der Waals surface area (Å²) in [6.45, 7) is 12.2. The highest BCUT2D eigenvalue weighted by atomic mass is 35.5. The van der Waals surface area contributed by atoms with Crippen LogP contribution in [0.2, 0.25) is 5.02 Å². The second-order valence-corrected chi connectivity index (χ2v) is 6.72. The topological polar surface area (TPSA) is 84.0 Å². The van der Waals surface area contributed by atoms with E-state index in [0.717, 1.165) is 39.1 Å². The van der Waals surface area contributed by atoms with Gasteiger partial charge in [-0.05, 0) is 88.1 Å². The number of benzene rings is 2. The number of halogens is 1. The van der Waals surface area contributed by atoms with Crippen LogP contribution in [0.1, 0.15) is 63.7 Å². The first kappa shape index (κ1) is 24.4. The summed E-state index contributed by atoms with van der Waals surface area (Å²) < 4.78 is 0. The highest BCUT2D eigenvalue weighted by molar-refractivity contribution is 6.30. The molecule has 0 fully saturated rings. The molecule has 0 aromatic heterocycles. The molecule has 0 aliphatic heterocycles. The number of hydrogen-bond donors (Lipinski definition) is 1. The van der Waals surface area contributed by atoms with Gasteiger partial charge in [-0.3, -0.25) is 9.59 Å². The van der Waals surface area contributed by atoms with Crippen LogP contribution < -0.4 is 5.73 Å². The molecule has 0 unspecified atom stereocenters. The number of hydrogen-bond acceptors (Lipinski definition) is 4. The van der Waals surface area contributed by atoms with E-state index in [4.69, 9.17) is 22.6 Å². The van der Waals surface area contributed by atoms with Crippen molar-refractivity contribution in [3.8, 4) is 6.07 Å². The summed E-state index contributed by atoms with van der Waals surface area (Å²) in [4.78, 5) is 22.3. The number of nitriles is 1. The molecule has 27 heavy (non-hydrogen) atoms. The number of nitrogens with two attached hydrogens (primary N) is 1. The first-order chi connectivity index (χ1) is 12.5. The standard InChI is InChI=1S/C10H11ClO.C10H13NO.C2H3N/c2*1-6-4-9(11)5-7(2)10(6)8(3)12;1-2-3/h4-5H,1-3H3;4-5H,11H2,1-3H3;1H3. The van der Waals surface area contributed by atoms with Gasteiger partial charge in [0.15, 0.2) is 11.6 Å². The van der Waals surface area contributed by atoms with Gasteiger partial charge in [-0.2, -0.15) is 5.26 Å². The van der Waals surface area contributed by atoms with Crippen LogP contribution in [0.5, 0.6) is 0 Å². The molecule has 2 rings (SSSR count). The normalized spacial score (nSPS) is 9.15. The van der Waals surface area contributed by atoms with E-state index >= 15 is 0 Å². The third-order valence-corrected chi connectivity index (χ3v) is 3.97. The minimum atomic E-state index is 0.0988. The van der Waals surface area contributed by atoms with Crippen LogP contribution in [-0.4, -0.2) is 11.6 Å². The quantitative estimate of drug-likeness (QED) is 0.523. The molecule has 0 spiro atoms. The summed E-state index contributed by atoms with van der Waals surface area (Å²) in [7, 11) is 0. The number of anilines is 1. The van der Waals surface area contributed by atoms with Crippen LogP contribution in [0.4, 0.5) is 5.69 Å². The molecule has 0 aliphatic rings. The number of carbonyl (C=O) groups excluding carboxylic acids is 2. The lowest BCUT2D eigenvalue weighted by atomic mass is 9.99. The summed E-state index contributed by atoms with van der Waals surface area (Å²) in [5, 5.41) is 8.01. The van der Waals surface area contributed by atoms with Gasteiger partial charge >= 0.3 is 0 Å². The summed E-state index contributed by atoms with van der Waals surface area (Å²) in [6, 6.07) is 9.02. The molecular formula is C22H27ClN2O2. The van der Waals surface area contributed by atoms with Crippen LogP contribution in [0.25, 0.3) is 0 Å². The average molecular weight is 387 g/mol. The van der Waals surface area contributed by atoms with Crippen molar-refractivity contribution in [2.24, 2.45) is 0 Å². The smallest absolute Gasteiger partial charge is 0.160 e. The Morgan fingerprint density at radius 3 is 1.37 bits per heavy atom. The maximum Gasteiger partial charge on any atom is 0.160 e. The fourth-order valence-electron chi connectivity index (χ4n) is 3.02. The SMILES string of the molecule is CC#N.CC(=O)c1c(C)cc(Cl)cc1C.CC(=O)c1c(C)cc(N)cc1C. The third kappa shape index (κ3) is 7.64. The maximum atomic E-state index is 11.2. The molecule has 0 saturated carbocycles. The Hall–Kier alpha value is -2.64. The molecule has 144 valence electrons. The fraction of sp³-hybridized carbons (Fsp3) is 0.318. The molecule has 0 radical (unpaired) electrons. The minimum absolute atomic E-state index is 0.0988. The van der Waals surface area contributed by atoms with Crippen molar-refractivity contribution < 1.29 is 9.59 Å². The Labute approximate surface area is 167 Å². The van der Waals surface area contributed by atoms with E-state index < -0.39 is 0 Å². The maximum absolute atomic E-state index is 11.2. The Kier molecular flexibility index (Phi) is 10.1. The van der Waals surface area contributed by atoms with Crippen molar-refractivity contribution in [3.63, 3.8) is 0 Å². The number of carbonyl (C=O) groups is 2. The predicted octanol–water partition coefficient (Wildman–Crippen LogP) is 5.78. The van der Waals surface area contributed by atoms with E-state index in [0.29, 0.717) is 5.02 Å². The number of rotatable bonds is 2. The lowest BCUT2D eigenvalue weighted by Gasteiger charge is -2.06. The van der Waals surface area contributed by atoms with Gasteiger partial charge in [-0.15, -0.1) is 0 Å². The number of aryl methyl sites for hydroxylation is 4.